The van der Waals surface area contributed by atoms with E-state index in [0.717, 1.165) is 0 Å². The van der Waals surface area contributed by atoms with E-state index in [-0.39, 0.29) is 24.0 Å². The van der Waals surface area contributed by atoms with Gasteiger partial charge in [-0.1, -0.05) is 0 Å². The lowest BCUT2D eigenvalue weighted by Crippen LogP contribution is -2.30. The average Bonchev–Trinajstić information content (AvgIpc) is 2.27. The van der Waals surface area contributed by atoms with Crippen LogP contribution < -0.4 is 20.9 Å². The van der Waals surface area contributed by atoms with Crippen LogP contribution in [0, 0.1) is 0 Å². The van der Waals surface area contributed by atoms with Crippen molar-refractivity contribution in [2.45, 2.75) is 6.92 Å². The van der Waals surface area contributed by atoms with Crippen LogP contribution in [0.5, 0.6) is 5.75 Å². The number of aromatic nitrogens is 2. The summed E-state index contributed by atoms with van der Waals surface area (Å²) in [7, 11) is 1.36. The molecule has 0 radical (unpaired) electrons. The summed E-state index contributed by atoms with van der Waals surface area (Å²) in [5.41, 5.74) is -0.393. The van der Waals surface area contributed by atoms with E-state index >= 15 is 0 Å². The second-order valence-corrected chi connectivity index (χ2v) is 2.92. The fourth-order valence-corrected chi connectivity index (χ4v) is 1.13. The number of anilines is 1. The van der Waals surface area contributed by atoms with Gasteiger partial charge in [0.05, 0.1) is 20.0 Å². The maximum atomic E-state index is 11.3. The van der Waals surface area contributed by atoms with Crippen LogP contribution in [0.2, 0.25) is 0 Å². The summed E-state index contributed by atoms with van der Waals surface area (Å²) >= 11 is 0. The van der Waals surface area contributed by atoms with Crippen molar-refractivity contribution in [2.75, 3.05) is 25.5 Å². The molecule has 3 N–H and O–H groups in total. The average molecular weight is 226 g/mol. The molecule has 1 heterocycles. The minimum Gasteiger partial charge on any atom is -0.489 e. The monoisotopic (exact) mass is 226 g/mol. The van der Waals surface area contributed by atoms with Gasteiger partial charge in [-0.15, -0.1) is 0 Å². The van der Waals surface area contributed by atoms with E-state index in [1.54, 1.807) is 0 Å². The van der Waals surface area contributed by atoms with Gasteiger partial charge in [0.2, 0.25) is 11.7 Å². The minimum absolute atomic E-state index is 0.0423. The van der Waals surface area contributed by atoms with E-state index in [1.807, 2.05) is 6.92 Å². The maximum absolute atomic E-state index is 11.3. The molecule has 0 spiro atoms. The third kappa shape index (κ3) is 2.97. The van der Waals surface area contributed by atoms with Crippen molar-refractivity contribution >= 4 is 11.7 Å². The molecule has 0 aromatic carbocycles. The number of aromatic amines is 1. The van der Waals surface area contributed by atoms with E-state index in [9.17, 15) is 9.59 Å². The molecular formula is C9H14N4O3. The number of carbonyl (C=O) groups excluding carboxylic acids is 1. The number of carbonyl (C=O) groups is 1. The highest BCUT2D eigenvalue weighted by atomic mass is 16.5. The van der Waals surface area contributed by atoms with Crippen molar-refractivity contribution in [3.63, 3.8) is 0 Å². The lowest BCUT2D eigenvalue weighted by Gasteiger charge is -2.08. The van der Waals surface area contributed by atoms with Gasteiger partial charge < -0.3 is 20.4 Å². The van der Waals surface area contributed by atoms with Gasteiger partial charge in [-0.2, -0.15) is 0 Å². The first-order valence-electron chi connectivity index (χ1n) is 4.81. The number of nitrogens with zero attached hydrogens (tertiary/aromatic N) is 1. The summed E-state index contributed by atoms with van der Waals surface area (Å²) in [6.45, 7) is 2.42. The zero-order chi connectivity index (χ0) is 12.0. The van der Waals surface area contributed by atoms with Crippen molar-refractivity contribution in [1.29, 1.82) is 0 Å². The predicted molar refractivity (Wildman–Crippen MR) is 58.6 cm³/mol. The highest BCUT2D eigenvalue weighted by molar-refractivity contribution is 5.80. The van der Waals surface area contributed by atoms with E-state index in [1.165, 1.54) is 13.4 Å². The van der Waals surface area contributed by atoms with Gasteiger partial charge in [0.1, 0.15) is 0 Å². The van der Waals surface area contributed by atoms with Crippen LogP contribution in [0.25, 0.3) is 0 Å². The predicted octanol–water partition coefficient (Wildman–Crippen LogP) is -0.673. The number of methoxy groups -OCH3 is 1. The van der Waals surface area contributed by atoms with Crippen LogP contribution in [0.3, 0.4) is 0 Å². The smallest absolute Gasteiger partial charge is 0.295 e. The van der Waals surface area contributed by atoms with Gasteiger partial charge in [0, 0.05) is 6.54 Å². The first-order valence-corrected chi connectivity index (χ1v) is 4.81. The number of H-pyrrole nitrogens is 1. The summed E-state index contributed by atoms with van der Waals surface area (Å²) in [5, 5.41) is 5.33. The second kappa shape index (κ2) is 5.74. The lowest BCUT2D eigenvalue weighted by atomic mass is 10.4. The van der Waals surface area contributed by atoms with Crippen molar-refractivity contribution < 1.29 is 9.53 Å². The fraction of sp³-hybridized carbons (Fsp3) is 0.444. The molecule has 7 nitrogen and oxygen atoms in total. The third-order valence-corrected chi connectivity index (χ3v) is 1.81. The molecule has 0 aliphatic carbocycles. The molecule has 0 saturated carbocycles. The normalized spacial score (nSPS) is 9.62. The van der Waals surface area contributed by atoms with E-state index in [4.69, 9.17) is 4.74 Å². The molecule has 0 aliphatic heterocycles. The first-order chi connectivity index (χ1) is 7.69. The molecule has 0 fully saturated rings. The van der Waals surface area contributed by atoms with Gasteiger partial charge in [-0.25, -0.2) is 4.98 Å². The topological polar surface area (TPSA) is 96.1 Å². The molecule has 7 heteroatoms. The quantitative estimate of drug-likeness (QED) is 0.618. The Morgan fingerprint density at radius 3 is 3.00 bits per heavy atom. The van der Waals surface area contributed by atoms with Crippen LogP contribution in [-0.2, 0) is 4.79 Å². The molecule has 0 atom stereocenters. The standard InChI is InChI=1S/C9H14N4O3/c1-3-10-6(14)4-11-8-7(16-2)9(15)13-5-12-8/h5H,3-4H2,1-2H3,(H,10,14)(H2,11,12,13,15). The van der Waals surface area contributed by atoms with Crippen LogP contribution in [0.1, 0.15) is 6.92 Å². The first kappa shape index (κ1) is 12.0. The molecule has 1 amide bonds. The van der Waals surface area contributed by atoms with E-state index in [0.29, 0.717) is 6.54 Å². The third-order valence-electron chi connectivity index (χ3n) is 1.81. The van der Waals surface area contributed by atoms with Gasteiger partial charge in [-0.05, 0) is 6.92 Å². The Morgan fingerprint density at radius 2 is 2.38 bits per heavy atom. The number of hydrogen-bond donors (Lipinski definition) is 3. The summed E-state index contributed by atoms with van der Waals surface area (Å²) in [5.74, 6) is 0.135. The Hall–Kier alpha value is -2.05. The van der Waals surface area contributed by atoms with Crippen LogP contribution in [0.15, 0.2) is 11.1 Å². The van der Waals surface area contributed by atoms with Crippen LogP contribution in [-0.4, -0.2) is 36.1 Å². The molecule has 1 aromatic heterocycles. The van der Waals surface area contributed by atoms with Gasteiger partial charge in [-0.3, -0.25) is 9.59 Å². The minimum atomic E-state index is -0.393. The molecule has 0 unspecified atom stereocenters. The Morgan fingerprint density at radius 1 is 1.62 bits per heavy atom. The zero-order valence-corrected chi connectivity index (χ0v) is 9.16. The molecule has 0 saturated heterocycles. The number of amides is 1. The van der Waals surface area contributed by atoms with Crippen molar-refractivity contribution in [3.8, 4) is 5.75 Å². The Balaban J connectivity index is 2.70. The Labute approximate surface area is 92.2 Å². The largest absolute Gasteiger partial charge is 0.489 e. The van der Waals surface area contributed by atoms with Crippen molar-refractivity contribution in [2.24, 2.45) is 0 Å². The van der Waals surface area contributed by atoms with Gasteiger partial charge in [0.15, 0.2) is 5.82 Å². The molecule has 1 aromatic rings. The molecule has 0 bridgehead atoms. The van der Waals surface area contributed by atoms with E-state index < -0.39 is 5.56 Å². The number of rotatable bonds is 5. The zero-order valence-electron chi connectivity index (χ0n) is 9.16. The summed E-state index contributed by atoms with van der Waals surface area (Å²) in [6, 6.07) is 0. The fourth-order valence-electron chi connectivity index (χ4n) is 1.13. The SMILES string of the molecule is CCNC(=O)CNc1nc[nH]c(=O)c1OC. The Bertz CT molecular complexity index is 415. The highest BCUT2D eigenvalue weighted by Gasteiger charge is 2.09. The van der Waals surface area contributed by atoms with Gasteiger partial charge in [0.25, 0.3) is 5.56 Å². The van der Waals surface area contributed by atoms with Gasteiger partial charge >= 0.3 is 0 Å². The van der Waals surface area contributed by atoms with Crippen molar-refractivity contribution in [3.05, 3.63) is 16.7 Å². The molecule has 16 heavy (non-hydrogen) atoms. The summed E-state index contributed by atoms with van der Waals surface area (Å²) < 4.78 is 4.87. The number of nitrogens with one attached hydrogen (secondary N) is 3. The molecular weight excluding hydrogens is 212 g/mol. The lowest BCUT2D eigenvalue weighted by molar-refractivity contribution is -0.119. The summed E-state index contributed by atoms with van der Waals surface area (Å²) in [6.07, 6.45) is 1.24. The Kier molecular flexibility index (Phi) is 4.31. The summed E-state index contributed by atoms with van der Waals surface area (Å²) in [4.78, 5) is 28.7. The number of likely N-dealkylation sites (N-methyl/N-ethyl adjacent to an activating group) is 1. The maximum Gasteiger partial charge on any atom is 0.295 e. The number of hydrogen-bond acceptors (Lipinski definition) is 5. The van der Waals surface area contributed by atoms with E-state index in [2.05, 4.69) is 20.6 Å². The van der Waals surface area contributed by atoms with Crippen molar-refractivity contribution in [1.82, 2.24) is 15.3 Å². The molecule has 1 rings (SSSR count). The second-order valence-electron chi connectivity index (χ2n) is 2.92. The number of ether oxygens (including phenoxy) is 1. The molecule has 0 aliphatic rings. The molecule has 88 valence electrons. The van der Waals surface area contributed by atoms with Crippen LogP contribution in [0.4, 0.5) is 5.82 Å². The van der Waals surface area contributed by atoms with Crippen LogP contribution >= 0.6 is 0 Å². The highest BCUT2D eigenvalue weighted by Crippen LogP contribution is 2.13.